The van der Waals surface area contributed by atoms with Gasteiger partial charge in [0.25, 0.3) is 0 Å². The molecule has 1 saturated heterocycles. The SMILES string of the molecule is CC(=O)OCC1OC(OC(C)=O)C(NC(=O)OCC2C=C2C)C(OC(C)=O)C1OC(C)=O. The fraction of sp³-hybridized carbons (Fsp3) is 0.650. The predicted molar refractivity (Wildman–Crippen MR) is 104 cm³/mol. The van der Waals surface area contributed by atoms with Crippen molar-refractivity contribution < 1.29 is 52.4 Å². The van der Waals surface area contributed by atoms with Crippen LogP contribution >= 0.6 is 0 Å². The van der Waals surface area contributed by atoms with Gasteiger partial charge >= 0.3 is 30.0 Å². The summed E-state index contributed by atoms with van der Waals surface area (Å²) >= 11 is 0. The van der Waals surface area contributed by atoms with Gasteiger partial charge in [0.1, 0.15) is 25.4 Å². The first-order valence-corrected chi connectivity index (χ1v) is 9.90. The summed E-state index contributed by atoms with van der Waals surface area (Å²) in [6.45, 7) is 6.10. The van der Waals surface area contributed by atoms with Crippen LogP contribution in [0.4, 0.5) is 4.79 Å². The van der Waals surface area contributed by atoms with Gasteiger partial charge in [-0.25, -0.2) is 4.79 Å². The minimum absolute atomic E-state index is 0.0544. The van der Waals surface area contributed by atoms with E-state index < -0.39 is 67.2 Å². The summed E-state index contributed by atoms with van der Waals surface area (Å²) in [5, 5.41) is 2.45. The molecule has 12 heteroatoms. The smallest absolute Gasteiger partial charge is 0.407 e. The molecule has 0 aromatic rings. The molecular formula is C20H27NO11. The zero-order valence-electron chi connectivity index (χ0n) is 18.4. The Kier molecular flexibility index (Phi) is 8.58. The molecule has 0 aromatic heterocycles. The van der Waals surface area contributed by atoms with Gasteiger partial charge in [0.05, 0.1) is 0 Å². The monoisotopic (exact) mass is 457 g/mol. The number of rotatable bonds is 8. The van der Waals surface area contributed by atoms with E-state index in [0.717, 1.165) is 33.3 Å². The van der Waals surface area contributed by atoms with Gasteiger partial charge in [0, 0.05) is 33.6 Å². The Labute approximate surface area is 184 Å². The van der Waals surface area contributed by atoms with Gasteiger partial charge in [-0.15, -0.1) is 0 Å². The van der Waals surface area contributed by atoms with Crippen LogP contribution in [0.5, 0.6) is 0 Å². The van der Waals surface area contributed by atoms with Crippen molar-refractivity contribution in [1.82, 2.24) is 5.32 Å². The highest BCUT2D eigenvalue weighted by Gasteiger charge is 2.52. The number of nitrogens with one attached hydrogen (secondary N) is 1. The van der Waals surface area contributed by atoms with Gasteiger partial charge < -0.3 is 33.7 Å². The lowest BCUT2D eigenvalue weighted by Gasteiger charge is -2.44. The van der Waals surface area contributed by atoms with Crippen LogP contribution in [-0.2, 0) is 47.6 Å². The third-order valence-electron chi connectivity index (χ3n) is 4.60. The molecule has 1 heterocycles. The maximum absolute atomic E-state index is 12.4. The van der Waals surface area contributed by atoms with E-state index in [-0.39, 0.29) is 12.5 Å². The molecule has 0 aromatic carbocycles. The van der Waals surface area contributed by atoms with Crippen LogP contribution in [0.3, 0.4) is 0 Å². The second-order valence-electron chi connectivity index (χ2n) is 7.39. The first-order chi connectivity index (χ1) is 15.0. The van der Waals surface area contributed by atoms with Crippen molar-refractivity contribution in [3.8, 4) is 0 Å². The molecule has 1 fully saturated rings. The van der Waals surface area contributed by atoms with E-state index >= 15 is 0 Å². The maximum atomic E-state index is 12.4. The molecule has 0 bridgehead atoms. The second kappa shape index (κ2) is 10.9. The predicted octanol–water partition coefficient (Wildman–Crippen LogP) is 0.372. The molecule has 0 radical (unpaired) electrons. The summed E-state index contributed by atoms with van der Waals surface area (Å²) in [7, 11) is 0. The summed E-state index contributed by atoms with van der Waals surface area (Å²) in [5.74, 6) is -2.85. The van der Waals surface area contributed by atoms with Crippen LogP contribution < -0.4 is 5.32 Å². The van der Waals surface area contributed by atoms with Crippen molar-refractivity contribution in [3.63, 3.8) is 0 Å². The van der Waals surface area contributed by atoms with Crippen LogP contribution in [0.2, 0.25) is 0 Å². The minimum atomic E-state index is -1.46. The highest BCUT2D eigenvalue weighted by atomic mass is 16.7. The van der Waals surface area contributed by atoms with Crippen LogP contribution in [-0.4, -0.2) is 73.8 Å². The van der Waals surface area contributed by atoms with Gasteiger partial charge in [-0.3, -0.25) is 19.2 Å². The average Bonchev–Trinajstić information content (AvgIpc) is 3.37. The summed E-state index contributed by atoms with van der Waals surface area (Å²) < 4.78 is 31.5. The molecule has 1 N–H and O–H groups in total. The average molecular weight is 457 g/mol. The highest BCUT2D eigenvalue weighted by molar-refractivity contribution is 5.70. The molecular weight excluding hydrogens is 430 g/mol. The first kappa shape index (κ1) is 25.1. The van der Waals surface area contributed by atoms with Gasteiger partial charge in [0.15, 0.2) is 12.2 Å². The maximum Gasteiger partial charge on any atom is 0.407 e. The molecule has 6 atom stereocenters. The Morgan fingerprint density at radius 3 is 1.91 bits per heavy atom. The lowest BCUT2D eigenvalue weighted by atomic mass is 9.96. The van der Waals surface area contributed by atoms with Crippen LogP contribution in [0, 0.1) is 5.92 Å². The fourth-order valence-corrected chi connectivity index (χ4v) is 3.11. The molecule has 1 aliphatic carbocycles. The van der Waals surface area contributed by atoms with Crippen molar-refractivity contribution in [2.24, 2.45) is 5.92 Å². The standard InChI is InChI=1S/C20H27NO11/c1-9-6-14(9)7-28-20(26)21-16-18(30-12(4)24)17(29-11(3)23)15(8-27-10(2)22)32-19(16)31-13(5)25/h6,14-19H,7-8H2,1-5H3,(H,21,26). The molecule has 2 rings (SSSR count). The number of carbonyl (C=O) groups is 5. The van der Waals surface area contributed by atoms with E-state index in [1.54, 1.807) is 0 Å². The van der Waals surface area contributed by atoms with Crippen molar-refractivity contribution in [3.05, 3.63) is 11.6 Å². The third-order valence-corrected chi connectivity index (χ3v) is 4.60. The summed E-state index contributed by atoms with van der Waals surface area (Å²) in [6, 6.07) is -1.29. The Bertz CT molecular complexity index is 792. The first-order valence-electron chi connectivity index (χ1n) is 9.90. The molecule has 1 aliphatic heterocycles. The van der Waals surface area contributed by atoms with Crippen molar-refractivity contribution in [1.29, 1.82) is 0 Å². The van der Waals surface area contributed by atoms with Crippen molar-refractivity contribution in [2.45, 2.75) is 65.3 Å². The summed E-state index contributed by atoms with van der Waals surface area (Å²) in [5.41, 5.74) is 1.08. The fourth-order valence-electron chi connectivity index (χ4n) is 3.11. The number of hydrogen-bond acceptors (Lipinski definition) is 11. The minimum Gasteiger partial charge on any atom is -0.463 e. The van der Waals surface area contributed by atoms with Gasteiger partial charge in [-0.1, -0.05) is 11.6 Å². The number of hydrogen-bond donors (Lipinski definition) is 1. The van der Waals surface area contributed by atoms with E-state index in [4.69, 9.17) is 28.4 Å². The van der Waals surface area contributed by atoms with E-state index in [1.165, 1.54) is 0 Å². The molecule has 32 heavy (non-hydrogen) atoms. The Morgan fingerprint density at radius 1 is 0.844 bits per heavy atom. The molecule has 178 valence electrons. The molecule has 6 unspecified atom stereocenters. The van der Waals surface area contributed by atoms with Gasteiger partial charge in [-0.05, 0) is 6.92 Å². The Hall–Kier alpha value is -3.15. The number of esters is 4. The number of amides is 1. The zero-order valence-corrected chi connectivity index (χ0v) is 18.4. The molecule has 12 nitrogen and oxygen atoms in total. The molecule has 1 amide bonds. The van der Waals surface area contributed by atoms with E-state index in [2.05, 4.69) is 5.32 Å². The molecule has 0 saturated carbocycles. The van der Waals surface area contributed by atoms with E-state index in [0.29, 0.717) is 0 Å². The van der Waals surface area contributed by atoms with Crippen molar-refractivity contribution in [2.75, 3.05) is 13.2 Å². The number of carbonyl (C=O) groups excluding carboxylic acids is 5. The zero-order chi connectivity index (χ0) is 24.0. The molecule has 2 aliphatic rings. The second-order valence-corrected chi connectivity index (χ2v) is 7.39. The summed E-state index contributed by atoms with van der Waals surface area (Å²) in [4.78, 5) is 58.8. The number of ether oxygens (including phenoxy) is 6. The Morgan fingerprint density at radius 2 is 1.41 bits per heavy atom. The molecule has 0 spiro atoms. The lowest BCUT2D eigenvalue weighted by Crippen LogP contribution is -2.67. The van der Waals surface area contributed by atoms with Crippen LogP contribution in [0.1, 0.15) is 34.6 Å². The largest absolute Gasteiger partial charge is 0.463 e. The quantitative estimate of drug-likeness (QED) is 0.305. The van der Waals surface area contributed by atoms with E-state index in [1.807, 2.05) is 13.0 Å². The highest BCUT2D eigenvalue weighted by Crippen LogP contribution is 2.29. The lowest BCUT2D eigenvalue weighted by molar-refractivity contribution is -0.270. The Balaban J connectivity index is 2.28. The van der Waals surface area contributed by atoms with E-state index in [9.17, 15) is 24.0 Å². The van der Waals surface area contributed by atoms with Crippen LogP contribution in [0.25, 0.3) is 0 Å². The normalized spacial score (nSPS) is 28.5. The third kappa shape index (κ3) is 7.52. The van der Waals surface area contributed by atoms with Crippen LogP contribution in [0.15, 0.2) is 11.6 Å². The van der Waals surface area contributed by atoms with Gasteiger partial charge in [0.2, 0.25) is 6.29 Å². The van der Waals surface area contributed by atoms with Gasteiger partial charge in [-0.2, -0.15) is 0 Å². The number of alkyl carbamates (subject to hydrolysis) is 1. The topological polar surface area (TPSA) is 153 Å². The van der Waals surface area contributed by atoms with Crippen molar-refractivity contribution >= 4 is 30.0 Å². The summed E-state index contributed by atoms with van der Waals surface area (Å²) in [6.07, 6.45) is -4.23.